The molecule has 1 aromatic rings. The largest absolute Gasteiger partial charge is 0.383 e. The maximum atomic E-state index is 4.95. The van der Waals surface area contributed by atoms with Gasteiger partial charge in [0, 0.05) is 39.0 Å². The first kappa shape index (κ1) is 13.9. The Bertz CT molecular complexity index is 320. The second-order valence-corrected chi connectivity index (χ2v) is 3.84. The van der Waals surface area contributed by atoms with Gasteiger partial charge in [-0.15, -0.1) is 0 Å². The Hall–Kier alpha value is -1.13. The summed E-state index contributed by atoms with van der Waals surface area (Å²) in [5.41, 5.74) is 0. The maximum Gasteiger partial charge on any atom is 0.112 e. The first-order chi connectivity index (χ1) is 8.38. The molecule has 96 valence electrons. The van der Waals surface area contributed by atoms with Crippen molar-refractivity contribution in [2.45, 2.75) is 26.3 Å². The van der Waals surface area contributed by atoms with E-state index in [9.17, 15) is 0 Å². The summed E-state index contributed by atoms with van der Waals surface area (Å²) in [5.74, 6) is 1.14. The second kappa shape index (κ2) is 8.96. The molecule has 1 heterocycles. The minimum absolute atomic E-state index is 0.775. The summed E-state index contributed by atoms with van der Waals surface area (Å²) in [6.45, 7) is 5.82. The fourth-order valence-electron chi connectivity index (χ4n) is 1.61. The number of imidazole rings is 1. The second-order valence-electron chi connectivity index (χ2n) is 3.84. The molecule has 17 heavy (non-hydrogen) atoms. The summed E-state index contributed by atoms with van der Waals surface area (Å²) in [6, 6.07) is 0. The molecule has 0 saturated carbocycles. The third-order valence-corrected chi connectivity index (χ3v) is 2.58. The Labute approximate surface area is 104 Å². The summed E-state index contributed by atoms with van der Waals surface area (Å²) < 4.78 is 7.12. The smallest absolute Gasteiger partial charge is 0.112 e. The van der Waals surface area contributed by atoms with Gasteiger partial charge in [-0.3, -0.25) is 0 Å². The van der Waals surface area contributed by atoms with Crippen molar-refractivity contribution in [3.8, 4) is 0 Å². The molecule has 0 radical (unpaired) electrons. The van der Waals surface area contributed by atoms with Crippen LogP contribution in [0, 0.1) is 0 Å². The molecule has 0 saturated heterocycles. The van der Waals surface area contributed by atoms with Crippen molar-refractivity contribution in [3.63, 3.8) is 0 Å². The van der Waals surface area contributed by atoms with Crippen LogP contribution in [0.2, 0.25) is 0 Å². The quantitative estimate of drug-likeness (QED) is 0.524. The minimum Gasteiger partial charge on any atom is -0.383 e. The lowest BCUT2D eigenvalue weighted by Gasteiger charge is -2.02. The summed E-state index contributed by atoms with van der Waals surface area (Å²) >= 11 is 0. The van der Waals surface area contributed by atoms with Gasteiger partial charge in [0.05, 0.1) is 6.61 Å². The molecule has 0 amide bonds. The van der Waals surface area contributed by atoms with E-state index in [0.717, 1.165) is 44.9 Å². The van der Waals surface area contributed by atoms with E-state index in [1.165, 1.54) is 0 Å². The zero-order valence-electron chi connectivity index (χ0n) is 10.9. The summed E-state index contributed by atoms with van der Waals surface area (Å²) in [4.78, 5) is 4.32. The van der Waals surface area contributed by atoms with Gasteiger partial charge in [0.2, 0.25) is 0 Å². The van der Waals surface area contributed by atoms with E-state index in [1.807, 2.05) is 12.4 Å². The van der Waals surface area contributed by atoms with Crippen molar-refractivity contribution in [2.75, 3.05) is 26.8 Å². The van der Waals surface area contributed by atoms with E-state index >= 15 is 0 Å². The van der Waals surface area contributed by atoms with Crippen LogP contribution in [0.15, 0.2) is 24.5 Å². The summed E-state index contributed by atoms with van der Waals surface area (Å²) in [6.07, 6.45) is 10.2. The molecule has 0 aliphatic carbocycles. The van der Waals surface area contributed by atoms with Gasteiger partial charge in [0.15, 0.2) is 0 Å². The van der Waals surface area contributed by atoms with E-state index in [0.29, 0.717) is 0 Å². The molecule has 0 bridgehead atoms. The van der Waals surface area contributed by atoms with E-state index in [-0.39, 0.29) is 0 Å². The fourth-order valence-corrected chi connectivity index (χ4v) is 1.61. The summed E-state index contributed by atoms with van der Waals surface area (Å²) in [7, 11) is 1.72. The zero-order chi connectivity index (χ0) is 12.3. The zero-order valence-corrected chi connectivity index (χ0v) is 10.9. The van der Waals surface area contributed by atoms with Crippen LogP contribution in [-0.2, 0) is 17.7 Å². The summed E-state index contributed by atoms with van der Waals surface area (Å²) in [5, 5.41) is 3.31. The van der Waals surface area contributed by atoms with Gasteiger partial charge < -0.3 is 14.6 Å². The average Bonchev–Trinajstić information content (AvgIpc) is 2.80. The van der Waals surface area contributed by atoms with Crippen LogP contribution in [-0.4, -0.2) is 36.4 Å². The molecule has 4 heteroatoms. The first-order valence-electron chi connectivity index (χ1n) is 6.23. The minimum atomic E-state index is 0.775. The normalized spacial score (nSPS) is 11.4. The molecular formula is C13H23N3O. The highest BCUT2D eigenvalue weighted by Gasteiger charge is 1.96. The van der Waals surface area contributed by atoms with Crippen molar-refractivity contribution in [1.29, 1.82) is 0 Å². The van der Waals surface area contributed by atoms with Gasteiger partial charge in [-0.05, 0) is 19.9 Å². The Kier molecular flexibility index (Phi) is 7.34. The van der Waals surface area contributed by atoms with Crippen molar-refractivity contribution in [1.82, 2.24) is 14.9 Å². The van der Waals surface area contributed by atoms with Crippen molar-refractivity contribution < 1.29 is 4.74 Å². The van der Waals surface area contributed by atoms with E-state index < -0.39 is 0 Å². The van der Waals surface area contributed by atoms with Crippen LogP contribution < -0.4 is 5.32 Å². The average molecular weight is 237 g/mol. The molecular weight excluding hydrogens is 214 g/mol. The lowest BCUT2D eigenvalue weighted by atomic mass is 10.3. The third kappa shape index (κ3) is 5.65. The van der Waals surface area contributed by atoms with Crippen LogP contribution in [0.4, 0.5) is 0 Å². The van der Waals surface area contributed by atoms with E-state index in [2.05, 4.69) is 33.9 Å². The maximum absolute atomic E-state index is 4.95. The Morgan fingerprint density at radius 3 is 3.06 bits per heavy atom. The molecule has 0 aliphatic heterocycles. The van der Waals surface area contributed by atoms with Gasteiger partial charge in [0.25, 0.3) is 0 Å². The highest BCUT2D eigenvalue weighted by molar-refractivity contribution is 4.99. The number of allylic oxidation sites excluding steroid dienone is 1. The number of ether oxygens (including phenoxy) is 1. The number of nitrogens with zero attached hydrogens (tertiary/aromatic N) is 2. The lowest BCUT2D eigenvalue weighted by Crippen LogP contribution is -2.19. The van der Waals surface area contributed by atoms with Crippen LogP contribution in [0.5, 0.6) is 0 Å². The number of hydrogen-bond acceptors (Lipinski definition) is 3. The monoisotopic (exact) mass is 237 g/mol. The Morgan fingerprint density at radius 2 is 2.29 bits per heavy atom. The van der Waals surface area contributed by atoms with Crippen LogP contribution in [0.25, 0.3) is 0 Å². The topological polar surface area (TPSA) is 39.1 Å². The lowest BCUT2D eigenvalue weighted by molar-refractivity contribution is 0.199. The predicted octanol–water partition coefficient (Wildman–Crippen LogP) is 1.63. The molecule has 1 rings (SSSR count). The Balaban J connectivity index is 2.09. The number of aryl methyl sites for hydroxylation is 1. The highest BCUT2D eigenvalue weighted by atomic mass is 16.5. The number of aromatic nitrogens is 2. The number of methoxy groups -OCH3 is 1. The molecule has 1 aromatic heterocycles. The van der Waals surface area contributed by atoms with Gasteiger partial charge in [-0.25, -0.2) is 4.98 Å². The predicted molar refractivity (Wildman–Crippen MR) is 70.1 cm³/mol. The third-order valence-electron chi connectivity index (χ3n) is 2.58. The molecule has 0 aromatic carbocycles. The van der Waals surface area contributed by atoms with Crippen LogP contribution in [0.3, 0.4) is 0 Å². The molecule has 0 aliphatic rings. The molecule has 0 unspecified atom stereocenters. The number of hydrogen-bond donors (Lipinski definition) is 1. The van der Waals surface area contributed by atoms with Crippen LogP contribution >= 0.6 is 0 Å². The van der Waals surface area contributed by atoms with E-state index in [1.54, 1.807) is 7.11 Å². The molecule has 4 nitrogen and oxygen atoms in total. The van der Waals surface area contributed by atoms with Crippen LogP contribution in [0.1, 0.15) is 19.2 Å². The van der Waals surface area contributed by atoms with Crippen molar-refractivity contribution in [2.24, 2.45) is 0 Å². The molecule has 1 N–H and O–H groups in total. The van der Waals surface area contributed by atoms with Crippen molar-refractivity contribution >= 4 is 0 Å². The number of nitrogens with one attached hydrogen (secondary N) is 1. The molecule has 0 spiro atoms. The van der Waals surface area contributed by atoms with Gasteiger partial charge in [-0.1, -0.05) is 12.2 Å². The molecule has 0 fully saturated rings. The van der Waals surface area contributed by atoms with Gasteiger partial charge >= 0.3 is 0 Å². The SMILES string of the molecule is CCn1ccnc1CC=CCCNCCOC. The van der Waals surface area contributed by atoms with Gasteiger partial charge in [-0.2, -0.15) is 0 Å². The standard InChI is InChI=1S/C13H23N3O/c1-3-16-11-9-15-13(16)7-5-4-6-8-14-10-12-17-2/h4-5,9,11,14H,3,6-8,10,12H2,1-2H3. The highest BCUT2D eigenvalue weighted by Crippen LogP contribution is 1.99. The first-order valence-corrected chi connectivity index (χ1v) is 6.23. The van der Waals surface area contributed by atoms with E-state index in [4.69, 9.17) is 4.74 Å². The number of rotatable bonds is 9. The Morgan fingerprint density at radius 1 is 1.41 bits per heavy atom. The fraction of sp³-hybridized carbons (Fsp3) is 0.615. The van der Waals surface area contributed by atoms with Gasteiger partial charge in [0.1, 0.15) is 5.82 Å². The van der Waals surface area contributed by atoms with Crippen molar-refractivity contribution in [3.05, 3.63) is 30.4 Å². The molecule has 0 atom stereocenters.